The van der Waals surface area contributed by atoms with E-state index in [1.807, 2.05) is 13.8 Å². The minimum Gasteiger partial charge on any atom is -0.423 e. The van der Waals surface area contributed by atoms with Crippen LogP contribution in [0.1, 0.15) is 19.4 Å². The number of ether oxygens (including phenoxy) is 1. The highest BCUT2D eigenvalue weighted by Gasteiger charge is 2.31. The summed E-state index contributed by atoms with van der Waals surface area (Å²) in [6.45, 7) is 3.76. The summed E-state index contributed by atoms with van der Waals surface area (Å²) >= 11 is 0. The van der Waals surface area contributed by atoms with Gasteiger partial charge in [0.05, 0.1) is 0 Å². The summed E-state index contributed by atoms with van der Waals surface area (Å²) < 4.78 is 40.0. The summed E-state index contributed by atoms with van der Waals surface area (Å²) in [7, 11) is -1.71. The van der Waals surface area contributed by atoms with Gasteiger partial charge in [-0.15, -0.1) is 13.2 Å². The molecule has 0 unspecified atom stereocenters. The molecule has 0 aliphatic carbocycles. The van der Waals surface area contributed by atoms with Gasteiger partial charge in [-0.05, 0) is 35.5 Å². The Bertz CT molecular complexity index is 405. The zero-order chi connectivity index (χ0) is 13.9. The topological polar surface area (TPSA) is 49.7 Å². The van der Waals surface area contributed by atoms with Crippen LogP contribution in [0.3, 0.4) is 0 Å². The number of hydrogen-bond acceptors (Lipinski definition) is 3. The van der Waals surface area contributed by atoms with Crippen LogP contribution in [0.4, 0.5) is 13.2 Å². The van der Waals surface area contributed by atoms with Gasteiger partial charge in [-0.2, -0.15) is 0 Å². The van der Waals surface area contributed by atoms with Crippen LogP contribution in [0.5, 0.6) is 5.75 Å². The summed E-state index contributed by atoms with van der Waals surface area (Å²) in [5, 5.41) is 18.3. The first-order valence-electron chi connectivity index (χ1n) is 5.43. The lowest BCUT2D eigenvalue weighted by atomic mass is 9.75. The van der Waals surface area contributed by atoms with Gasteiger partial charge in [0.15, 0.2) is 0 Å². The third kappa shape index (κ3) is 4.58. The first kappa shape index (κ1) is 14.9. The van der Waals surface area contributed by atoms with Crippen molar-refractivity contribution in [1.29, 1.82) is 0 Å². The molecule has 1 aromatic carbocycles. The molecule has 2 N–H and O–H groups in total. The number of alkyl halides is 3. The molecule has 100 valence electrons. The second-order valence-corrected chi connectivity index (χ2v) is 4.38. The van der Waals surface area contributed by atoms with E-state index in [-0.39, 0.29) is 17.1 Å². The molecule has 0 spiro atoms. The minimum absolute atomic E-state index is 0.170. The molecule has 0 radical (unpaired) electrons. The molecule has 0 fully saturated rings. The van der Waals surface area contributed by atoms with E-state index in [4.69, 9.17) is 10.0 Å². The SMILES string of the molecule is CC(C)Cc1cc(OC(F)(F)F)ccc1B(O)O. The molecule has 7 heteroatoms. The fourth-order valence-electron chi connectivity index (χ4n) is 1.65. The van der Waals surface area contributed by atoms with Crippen LogP contribution in [-0.2, 0) is 6.42 Å². The molecular formula is C11H14BF3O3. The van der Waals surface area contributed by atoms with E-state index in [1.54, 1.807) is 0 Å². The Hall–Kier alpha value is -1.21. The van der Waals surface area contributed by atoms with Crippen LogP contribution in [0.25, 0.3) is 0 Å². The first-order chi connectivity index (χ1) is 8.19. The van der Waals surface area contributed by atoms with Crippen molar-refractivity contribution in [3.05, 3.63) is 23.8 Å². The van der Waals surface area contributed by atoms with Crippen LogP contribution in [0, 0.1) is 5.92 Å². The van der Waals surface area contributed by atoms with Gasteiger partial charge in [-0.25, -0.2) is 0 Å². The van der Waals surface area contributed by atoms with E-state index in [0.29, 0.717) is 12.0 Å². The fourth-order valence-corrected chi connectivity index (χ4v) is 1.65. The molecule has 0 bridgehead atoms. The molecule has 0 atom stereocenters. The molecule has 0 saturated carbocycles. The zero-order valence-electron chi connectivity index (χ0n) is 10.0. The normalized spacial score (nSPS) is 11.8. The molecule has 0 aliphatic rings. The highest BCUT2D eigenvalue weighted by Crippen LogP contribution is 2.23. The van der Waals surface area contributed by atoms with Gasteiger partial charge < -0.3 is 14.8 Å². The predicted molar refractivity (Wildman–Crippen MR) is 61.5 cm³/mol. The van der Waals surface area contributed by atoms with E-state index >= 15 is 0 Å². The van der Waals surface area contributed by atoms with Gasteiger partial charge in [-0.3, -0.25) is 0 Å². The summed E-state index contributed by atoms with van der Waals surface area (Å²) in [6.07, 6.45) is -4.32. The van der Waals surface area contributed by atoms with Crippen LogP contribution in [0.15, 0.2) is 18.2 Å². The van der Waals surface area contributed by atoms with Crippen molar-refractivity contribution in [2.24, 2.45) is 5.92 Å². The number of rotatable bonds is 4. The molecule has 1 rings (SSSR count). The number of benzene rings is 1. The molecule has 0 amide bonds. The summed E-state index contributed by atoms with van der Waals surface area (Å²) in [6, 6.07) is 3.47. The van der Waals surface area contributed by atoms with E-state index in [2.05, 4.69) is 4.74 Å². The summed E-state index contributed by atoms with van der Waals surface area (Å²) in [5.74, 6) is -0.189. The lowest BCUT2D eigenvalue weighted by Gasteiger charge is -2.14. The molecule has 0 aromatic heterocycles. The van der Waals surface area contributed by atoms with Crippen LogP contribution in [-0.4, -0.2) is 23.5 Å². The molecule has 0 heterocycles. The Balaban J connectivity index is 3.05. The molecule has 18 heavy (non-hydrogen) atoms. The van der Waals surface area contributed by atoms with E-state index in [9.17, 15) is 13.2 Å². The molecule has 0 aliphatic heterocycles. The number of hydrogen-bond donors (Lipinski definition) is 2. The van der Waals surface area contributed by atoms with Gasteiger partial charge in [-0.1, -0.05) is 19.9 Å². The van der Waals surface area contributed by atoms with E-state index < -0.39 is 13.5 Å². The smallest absolute Gasteiger partial charge is 0.423 e. The van der Waals surface area contributed by atoms with Gasteiger partial charge in [0.25, 0.3) is 0 Å². The maximum absolute atomic E-state index is 12.1. The van der Waals surface area contributed by atoms with E-state index in [0.717, 1.165) is 6.07 Å². The van der Waals surface area contributed by atoms with Crippen molar-refractivity contribution >= 4 is 12.6 Å². The van der Waals surface area contributed by atoms with Gasteiger partial charge in [0.1, 0.15) is 5.75 Å². The standard InChI is InChI=1S/C11H14BF3O3/c1-7(2)5-8-6-9(18-11(13,14)15)3-4-10(8)12(16)17/h3-4,6-7,16-17H,5H2,1-2H3. The quantitative estimate of drug-likeness (QED) is 0.808. The zero-order valence-corrected chi connectivity index (χ0v) is 10.0. The maximum Gasteiger partial charge on any atom is 0.573 e. The molecular weight excluding hydrogens is 248 g/mol. The van der Waals surface area contributed by atoms with Crippen LogP contribution >= 0.6 is 0 Å². The Morgan fingerprint density at radius 3 is 2.33 bits per heavy atom. The van der Waals surface area contributed by atoms with Gasteiger partial charge in [0, 0.05) is 0 Å². The average Bonchev–Trinajstić information content (AvgIpc) is 2.13. The van der Waals surface area contributed by atoms with Gasteiger partial charge in [0.2, 0.25) is 0 Å². The lowest BCUT2D eigenvalue weighted by Crippen LogP contribution is -2.33. The van der Waals surface area contributed by atoms with Crippen molar-refractivity contribution in [2.45, 2.75) is 26.6 Å². The second kappa shape index (κ2) is 5.62. The molecule has 1 aromatic rings. The van der Waals surface area contributed by atoms with Crippen molar-refractivity contribution in [3.8, 4) is 5.75 Å². The van der Waals surface area contributed by atoms with Crippen LogP contribution in [0.2, 0.25) is 0 Å². The third-order valence-corrected chi connectivity index (χ3v) is 2.25. The van der Waals surface area contributed by atoms with Crippen molar-refractivity contribution in [2.75, 3.05) is 0 Å². The molecule has 0 saturated heterocycles. The Kier molecular flexibility index (Phi) is 4.64. The number of halogens is 3. The lowest BCUT2D eigenvalue weighted by molar-refractivity contribution is -0.274. The first-order valence-corrected chi connectivity index (χ1v) is 5.43. The minimum atomic E-state index is -4.76. The van der Waals surface area contributed by atoms with E-state index in [1.165, 1.54) is 12.1 Å². The average molecular weight is 262 g/mol. The van der Waals surface area contributed by atoms with Crippen molar-refractivity contribution < 1.29 is 28.0 Å². The highest BCUT2D eigenvalue weighted by atomic mass is 19.4. The Morgan fingerprint density at radius 1 is 1.28 bits per heavy atom. The van der Waals surface area contributed by atoms with Crippen molar-refractivity contribution in [1.82, 2.24) is 0 Å². The second-order valence-electron chi connectivity index (χ2n) is 4.38. The Labute approximate surface area is 103 Å². The monoisotopic (exact) mass is 262 g/mol. The fraction of sp³-hybridized carbons (Fsp3) is 0.455. The Morgan fingerprint density at radius 2 is 1.89 bits per heavy atom. The van der Waals surface area contributed by atoms with Gasteiger partial charge >= 0.3 is 13.5 Å². The third-order valence-electron chi connectivity index (χ3n) is 2.25. The van der Waals surface area contributed by atoms with Crippen molar-refractivity contribution in [3.63, 3.8) is 0 Å². The molecule has 3 nitrogen and oxygen atoms in total. The highest BCUT2D eigenvalue weighted by molar-refractivity contribution is 6.59. The predicted octanol–water partition coefficient (Wildman–Crippen LogP) is 1.46. The summed E-state index contributed by atoms with van der Waals surface area (Å²) in [5.41, 5.74) is 0.625. The largest absolute Gasteiger partial charge is 0.573 e. The summed E-state index contributed by atoms with van der Waals surface area (Å²) in [4.78, 5) is 0. The van der Waals surface area contributed by atoms with Crippen LogP contribution < -0.4 is 10.2 Å². The maximum atomic E-state index is 12.1.